The van der Waals surface area contributed by atoms with Crippen LogP contribution in [-0.4, -0.2) is 31.6 Å². The molecule has 39 heavy (non-hydrogen) atoms. The van der Waals surface area contributed by atoms with Gasteiger partial charge in [-0.2, -0.15) is 18.3 Å². The van der Waals surface area contributed by atoms with Crippen molar-refractivity contribution in [3.05, 3.63) is 113 Å². The lowest BCUT2D eigenvalue weighted by Gasteiger charge is -2.15. The molecule has 7 nitrogen and oxygen atoms in total. The first-order valence-electron chi connectivity index (χ1n) is 11.5. The molecule has 0 bridgehead atoms. The molecule has 196 valence electrons. The Balaban J connectivity index is 1.64. The molecule has 1 atom stereocenters. The van der Waals surface area contributed by atoms with E-state index in [4.69, 9.17) is 11.6 Å². The minimum atomic E-state index is -4.52. The highest BCUT2D eigenvalue weighted by Crippen LogP contribution is 2.37. The zero-order valence-corrected chi connectivity index (χ0v) is 20.6. The molecule has 11 heteroatoms. The van der Waals surface area contributed by atoms with Gasteiger partial charge in [-0.25, -0.2) is 14.3 Å². The summed E-state index contributed by atoms with van der Waals surface area (Å²) < 4.78 is 41.0. The Hall–Kier alpha value is -4.70. The summed E-state index contributed by atoms with van der Waals surface area (Å²) in [6, 6.07) is 18.2. The van der Waals surface area contributed by atoms with Crippen molar-refractivity contribution in [2.24, 2.45) is 0 Å². The Morgan fingerprint density at radius 1 is 0.897 bits per heavy atom. The summed E-state index contributed by atoms with van der Waals surface area (Å²) in [6.45, 7) is 0. The fourth-order valence-corrected chi connectivity index (χ4v) is 4.44. The van der Waals surface area contributed by atoms with Gasteiger partial charge in [0, 0.05) is 27.9 Å². The number of alkyl halides is 3. The van der Waals surface area contributed by atoms with E-state index in [1.54, 1.807) is 54.6 Å². The monoisotopic (exact) mass is 550 g/mol. The van der Waals surface area contributed by atoms with E-state index >= 15 is 0 Å². The van der Waals surface area contributed by atoms with Crippen LogP contribution in [0.5, 0.6) is 0 Å². The molecule has 5 rings (SSSR count). The minimum absolute atomic E-state index is 0.0175. The van der Waals surface area contributed by atoms with Gasteiger partial charge in [0.05, 0.1) is 17.5 Å². The smallest absolute Gasteiger partial charge is 0.416 e. The Morgan fingerprint density at radius 3 is 2.21 bits per heavy atom. The zero-order chi connectivity index (χ0) is 27.7. The summed E-state index contributed by atoms with van der Waals surface area (Å²) in [7, 11) is 0. The summed E-state index contributed by atoms with van der Waals surface area (Å²) in [6.07, 6.45) is -1.84. The molecular weight excluding hydrogens is 533 g/mol. The van der Waals surface area contributed by atoms with Gasteiger partial charge in [0.1, 0.15) is 5.56 Å². The maximum atomic E-state index is 13.2. The van der Waals surface area contributed by atoms with Crippen molar-refractivity contribution in [1.29, 1.82) is 0 Å². The Kier molecular flexibility index (Phi) is 6.80. The van der Waals surface area contributed by atoms with Gasteiger partial charge in [0.25, 0.3) is 5.91 Å². The van der Waals surface area contributed by atoms with Crippen LogP contribution in [0.4, 0.5) is 13.2 Å². The van der Waals surface area contributed by atoms with Gasteiger partial charge in [-0.15, -0.1) is 0 Å². The number of hydrogen-bond donors (Lipinski definition) is 2. The highest BCUT2D eigenvalue weighted by molar-refractivity contribution is 6.33. The van der Waals surface area contributed by atoms with Crippen LogP contribution in [-0.2, 0) is 11.0 Å². The molecule has 0 aliphatic carbocycles. The number of aromatic nitrogens is 3. The maximum Gasteiger partial charge on any atom is 0.416 e. The van der Waals surface area contributed by atoms with Gasteiger partial charge in [-0.05, 0) is 23.8 Å². The van der Waals surface area contributed by atoms with E-state index in [9.17, 15) is 27.9 Å². The summed E-state index contributed by atoms with van der Waals surface area (Å²) in [4.78, 5) is 29.5. The number of amides is 1. The van der Waals surface area contributed by atoms with Crippen molar-refractivity contribution in [3.8, 4) is 22.4 Å². The third kappa shape index (κ3) is 5.06. The molecule has 2 aromatic heterocycles. The fourth-order valence-electron chi connectivity index (χ4n) is 4.20. The van der Waals surface area contributed by atoms with Crippen LogP contribution < -0.4 is 5.32 Å². The van der Waals surface area contributed by atoms with E-state index in [1.807, 2.05) is 0 Å². The average molecular weight is 551 g/mol. The second kappa shape index (κ2) is 10.2. The number of nitrogens with zero attached hydrogens (tertiary/aromatic N) is 3. The van der Waals surface area contributed by atoms with Gasteiger partial charge in [0.15, 0.2) is 11.7 Å². The number of carbonyl (C=O) groups is 2. The molecule has 0 aliphatic rings. The van der Waals surface area contributed by atoms with Crippen molar-refractivity contribution in [3.63, 3.8) is 0 Å². The van der Waals surface area contributed by atoms with Crippen LogP contribution >= 0.6 is 11.6 Å². The van der Waals surface area contributed by atoms with Crippen molar-refractivity contribution in [1.82, 2.24) is 19.9 Å². The largest absolute Gasteiger partial charge is 0.479 e. The van der Waals surface area contributed by atoms with Crippen LogP contribution in [0.1, 0.15) is 27.5 Å². The molecule has 1 amide bonds. The van der Waals surface area contributed by atoms with Gasteiger partial charge in [-0.3, -0.25) is 4.79 Å². The van der Waals surface area contributed by atoms with Crippen LogP contribution in [0.25, 0.3) is 28.0 Å². The molecular formula is C28H18ClF3N4O3. The first kappa shape index (κ1) is 25.9. The number of carbonyl (C=O) groups excluding carboxylic acids is 1. The lowest BCUT2D eigenvalue weighted by molar-refractivity contribution is -0.139. The summed E-state index contributed by atoms with van der Waals surface area (Å²) in [5, 5.41) is 16.9. The molecule has 0 unspecified atom stereocenters. The van der Waals surface area contributed by atoms with Gasteiger partial charge < -0.3 is 10.4 Å². The van der Waals surface area contributed by atoms with Crippen molar-refractivity contribution >= 4 is 29.1 Å². The highest BCUT2D eigenvalue weighted by Gasteiger charge is 2.31. The van der Waals surface area contributed by atoms with Crippen LogP contribution in [0.15, 0.2) is 91.3 Å². The van der Waals surface area contributed by atoms with Gasteiger partial charge in [-0.1, -0.05) is 72.3 Å². The first-order chi connectivity index (χ1) is 18.6. The van der Waals surface area contributed by atoms with Gasteiger partial charge >= 0.3 is 12.1 Å². The minimum Gasteiger partial charge on any atom is -0.479 e. The molecule has 3 aromatic carbocycles. The molecule has 2 heterocycles. The van der Waals surface area contributed by atoms with E-state index in [0.29, 0.717) is 33.0 Å². The molecule has 2 N–H and O–H groups in total. The van der Waals surface area contributed by atoms with E-state index in [2.05, 4.69) is 15.4 Å². The second-order valence-corrected chi connectivity index (χ2v) is 8.93. The van der Waals surface area contributed by atoms with E-state index < -0.39 is 29.7 Å². The topological polar surface area (TPSA) is 96.6 Å². The molecule has 0 aliphatic heterocycles. The number of carboxylic acids is 1. The number of rotatable bonds is 6. The number of halogens is 4. The number of carboxylic acid groups (broad SMARTS) is 1. The van der Waals surface area contributed by atoms with Crippen LogP contribution in [0, 0.1) is 0 Å². The quantitative estimate of drug-likeness (QED) is 0.259. The van der Waals surface area contributed by atoms with Crippen molar-refractivity contribution in [2.75, 3.05) is 0 Å². The second-order valence-electron chi connectivity index (χ2n) is 8.52. The number of aliphatic carboxylic acids is 1. The first-order valence-corrected chi connectivity index (χ1v) is 11.9. The molecule has 0 radical (unpaired) electrons. The summed E-state index contributed by atoms with van der Waals surface area (Å²) in [5.74, 6) is -2.00. The molecule has 0 saturated carbocycles. The van der Waals surface area contributed by atoms with Crippen LogP contribution in [0.3, 0.4) is 0 Å². The fraction of sp³-hybridized carbons (Fsp3) is 0.0714. The van der Waals surface area contributed by atoms with Gasteiger partial charge in [0.2, 0.25) is 0 Å². The van der Waals surface area contributed by atoms with Crippen LogP contribution in [0.2, 0.25) is 5.02 Å². The molecule has 5 aromatic rings. The number of nitrogens with one attached hydrogen (secondary N) is 1. The number of fused-ring (bicyclic) bond motifs is 1. The van der Waals surface area contributed by atoms with E-state index in [1.165, 1.54) is 29.0 Å². The Bertz CT molecular complexity index is 1690. The van der Waals surface area contributed by atoms with Crippen molar-refractivity contribution < 1.29 is 27.9 Å². The molecule has 0 spiro atoms. The normalized spacial score (nSPS) is 12.3. The summed E-state index contributed by atoms with van der Waals surface area (Å²) in [5.41, 5.74) is 1.35. The maximum absolute atomic E-state index is 13.2. The highest BCUT2D eigenvalue weighted by atomic mass is 35.5. The predicted molar refractivity (Wildman–Crippen MR) is 138 cm³/mol. The third-order valence-electron chi connectivity index (χ3n) is 6.08. The van der Waals surface area contributed by atoms with E-state index in [-0.39, 0.29) is 11.2 Å². The number of hydrogen-bond acceptors (Lipinski definition) is 4. The Morgan fingerprint density at radius 2 is 1.56 bits per heavy atom. The molecule has 0 saturated heterocycles. The predicted octanol–water partition coefficient (Wildman–Crippen LogP) is 6.29. The lowest BCUT2D eigenvalue weighted by atomic mass is 9.99. The molecule has 0 fully saturated rings. The SMILES string of the molecule is O=C(N[C@H](C(=O)O)c1ccccc1)c1cnn2c(-c3ccc(C(F)(F)F)cc3)c(-c3ccccc3Cl)cnc12. The number of benzene rings is 3. The summed E-state index contributed by atoms with van der Waals surface area (Å²) >= 11 is 6.43. The Labute approximate surface area is 224 Å². The standard InChI is InChI=1S/C28H18ClF3N4O3/c29-22-9-5-4-8-19(22)20-14-33-25-21(26(37)35-23(27(38)39)16-6-2-1-3-7-16)15-34-36(25)24(20)17-10-12-18(13-11-17)28(30,31)32/h1-15,23H,(H,35,37)(H,38,39)/t23-/m0/s1. The average Bonchev–Trinajstić information content (AvgIpc) is 3.36. The van der Waals surface area contributed by atoms with Crippen molar-refractivity contribution in [2.45, 2.75) is 12.2 Å². The lowest BCUT2D eigenvalue weighted by Crippen LogP contribution is -2.33. The third-order valence-corrected chi connectivity index (χ3v) is 6.41. The van der Waals surface area contributed by atoms with E-state index in [0.717, 1.165) is 12.1 Å². The zero-order valence-electron chi connectivity index (χ0n) is 19.9.